The second-order valence-electron chi connectivity index (χ2n) is 3.90. The summed E-state index contributed by atoms with van der Waals surface area (Å²) in [7, 11) is 0. The van der Waals surface area contributed by atoms with Crippen LogP contribution in [0.2, 0.25) is 0 Å². The zero-order chi connectivity index (χ0) is 12.4. The molecule has 1 aromatic carbocycles. The van der Waals surface area contributed by atoms with E-state index in [2.05, 4.69) is 15.1 Å². The van der Waals surface area contributed by atoms with Gasteiger partial charge in [0, 0.05) is 0 Å². The molecule has 0 unspecified atom stereocenters. The molecule has 5 heteroatoms. The molecule has 2 aromatic heterocycles. The second-order valence-corrected chi connectivity index (χ2v) is 3.90. The zero-order valence-corrected chi connectivity index (χ0v) is 9.50. The third-order valence-electron chi connectivity index (χ3n) is 2.70. The lowest BCUT2D eigenvalue weighted by molar-refractivity contribution is 0.317. The Balaban J connectivity index is 1.92. The molecule has 18 heavy (non-hydrogen) atoms. The number of aromatic amines is 1. The number of hydrogen-bond acceptors (Lipinski definition) is 4. The number of nitrogens with zero attached hydrogens (tertiary/aromatic N) is 2. The van der Waals surface area contributed by atoms with Gasteiger partial charge in [-0.1, -0.05) is 17.3 Å². The van der Waals surface area contributed by atoms with E-state index in [1.165, 1.54) is 0 Å². The van der Waals surface area contributed by atoms with Crippen molar-refractivity contribution >= 4 is 16.7 Å². The quantitative estimate of drug-likeness (QED) is 0.420. The Morgan fingerprint density at radius 2 is 2.17 bits per heavy atom. The molecule has 0 fully saturated rings. The molecule has 2 heterocycles. The average Bonchev–Trinajstić information content (AvgIpc) is 3.04. The number of furan rings is 1. The highest BCUT2D eigenvalue weighted by Gasteiger charge is 2.11. The van der Waals surface area contributed by atoms with Crippen LogP contribution in [0.1, 0.15) is 11.6 Å². The largest absolute Gasteiger partial charge is 0.463 e. The van der Waals surface area contributed by atoms with Gasteiger partial charge >= 0.3 is 0 Å². The van der Waals surface area contributed by atoms with Gasteiger partial charge in [-0.25, -0.2) is 4.98 Å². The monoisotopic (exact) mass is 241 g/mol. The predicted octanol–water partition coefficient (Wildman–Crippen LogP) is 2.58. The van der Waals surface area contributed by atoms with E-state index >= 15 is 0 Å². The minimum Gasteiger partial charge on any atom is -0.463 e. The van der Waals surface area contributed by atoms with Crippen LogP contribution in [0, 0.1) is 0 Å². The fourth-order valence-electron chi connectivity index (χ4n) is 1.86. The van der Waals surface area contributed by atoms with E-state index in [1.807, 2.05) is 24.3 Å². The Hall–Kier alpha value is -2.56. The number of fused-ring (bicyclic) bond motifs is 1. The Kier molecular flexibility index (Phi) is 2.57. The van der Waals surface area contributed by atoms with Gasteiger partial charge in [0.2, 0.25) is 0 Å². The van der Waals surface area contributed by atoms with Crippen LogP contribution in [0.5, 0.6) is 0 Å². The molecule has 0 atom stereocenters. The van der Waals surface area contributed by atoms with Crippen molar-refractivity contribution in [3.05, 3.63) is 54.2 Å². The maximum absolute atomic E-state index is 9.02. The van der Waals surface area contributed by atoms with Crippen molar-refractivity contribution in [2.75, 3.05) is 0 Å². The zero-order valence-electron chi connectivity index (χ0n) is 9.50. The first kappa shape index (κ1) is 10.6. The first-order valence-electron chi connectivity index (χ1n) is 5.55. The van der Waals surface area contributed by atoms with Crippen molar-refractivity contribution in [2.45, 2.75) is 6.42 Å². The Bertz CT molecular complexity index is 650. The van der Waals surface area contributed by atoms with Gasteiger partial charge in [0.25, 0.3) is 0 Å². The van der Waals surface area contributed by atoms with E-state index < -0.39 is 0 Å². The van der Waals surface area contributed by atoms with Gasteiger partial charge in [-0.15, -0.1) is 0 Å². The van der Waals surface area contributed by atoms with Crippen LogP contribution in [-0.2, 0) is 6.42 Å². The van der Waals surface area contributed by atoms with E-state index in [9.17, 15) is 0 Å². The lowest BCUT2D eigenvalue weighted by atomic mass is 10.2. The molecule has 0 spiro atoms. The molecule has 3 aromatic rings. The van der Waals surface area contributed by atoms with Crippen LogP contribution < -0.4 is 0 Å². The van der Waals surface area contributed by atoms with E-state index in [0.29, 0.717) is 17.9 Å². The third kappa shape index (κ3) is 1.86. The molecule has 0 aliphatic rings. The smallest absolute Gasteiger partial charge is 0.151 e. The summed E-state index contributed by atoms with van der Waals surface area (Å²) in [6, 6.07) is 11.3. The number of rotatable bonds is 3. The summed E-state index contributed by atoms with van der Waals surface area (Å²) in [6.07, 6.45) is 1.93. The van der Waals surface area contributed by atoms with Crippen LogP contribution in [0.15, 0.2) is 52.2 Å². The van der Waals surface area contributed by atoms with Gasteiger partial charge in [0.1, 0.15) is 11.5 Å². The SMILES string of the molecule is ON=C(Cc1nc2ccccc2[nH]1)c1ccco1. The van der Waals surface area contributed by atoms with E-state index in [-0.39, 0.29) is 0 Å². The van der Waals surface area contributed by atoms with Crippen LogP contribution >= 0.6 is 0 Å². The van der Waals surface area contributed by atoms with Crippen molar-refractivity contribution in [3.8, 4) is 0 Å². The van der Waals surface area contributed by atoms with Crippen molar-refractivity contribution in [1.29, 1.82) is 0 Å². The average molecular weight is 241 g/mol. The lowest BCUT2D eigenvalue weighted by Crippen LogP contribution is -2.05. The van der Waals surface area contributed by atoms with Crippen molar-refractivity contribution in [3.63, 3.8) is 0 Å². The van der Waals surface area contributed by atoms with Crippen LogP contribution in [0.3, 0.4) is 0 Å². The molecule has 0 saturated carbocycles. The molecular weight excluding hydrogens is 230 g/mol. The molecule has 90 valence electrons. The number of benzene rings is 1. The van der Waals surface area contributed by atoms with Crippen LogP contribution in [0.4, 0.5) is 0 Å². The highest BCUT2D eigenvalue weighted by molar-refractivity contribution is 5.99. The maximum Gasteiger partial charge on any atom is 0.151 e. The fourth-order valence-corrected chi connectivity index (χ4v) is 1.86. The first-order valence-corrected chi connectivity index (χ1v) is 5.55. The lowest BCUT2D eigenvalue weighted by Gasteiger charge is -1.97. The molecular formula is C13H11N3O2. The Morgan fingerprint density at radius 1 is 1.28 bits per heavy atom. The van der Waals surface area contributed by atoms with E-state index in [0.717, 1.165) is 16.9 Å². The molecule has 0 bridgehead atoms. The van der Waals surface area contributed by atoms with Gasteiger partial charge in [0.05, 0.1) is 23.7 Å². The number of nitrogens with one attached hydrogen (secondary N) is 1. The van der Waals surface area contributed by atoms with Crippen LogP contribution in [0.25, 0.3) is 11.0 Å². The molecule has 3 rings (SSSR count). The number of para-hydroxylation sites is 2. The minimum absolute atomic E-state index is 0.388. The summed E-state index contributed by atoms with van der Waals surface area (Å²) >= 11 is 0. The maximum atomic E-state index is 9.02. The van der Waals surface area contributed by atoms with Crippen molar-refractivity contribution < 1.29 is 9.62 Å². The minimum atomic E-state index is 0.388. The highest BCUT2D eigenvalue weighted by atomic mass is 16.4. The molecule has 0 amide bonds. The third-order valence-corrected chi connectivity index (χ3v) is 2.70. The summed E-state index contributed by atoms with van der Waals surface area (Å²) in [5.41, 5.74) is 2.30. The van der Waals surface area contributed by atoms with Gasteiger partial charge in [0.15, 0.2) is 5.76 Å². The first-order chi connectivity index (χ1) is 8.86. The Labute approximate surface area is 103 Å². The van der Waals surface area contributed by atoms with Crippen LogP contribution in [-0.4, -0.2) is 20.9 Å². The second kappa shape index (κ2) is 4.37. The van der Waals surface area contributed by atoms with Crippen molar-refractivity contribution in [1.82, 2.24) is 9.97 Å². The summed E-state index contributed by atoms with van der Waals surface area (Å²) in [4.78, 5) is 7.60. The number of hydrogen-bond donors (Lipinski definition) is 2. The summed E-state index contributed by atoms with van der Waals surface area (Å²) in [5.74, 6) is 1.28. The molecule has 2 N–H and O–H groups in total. The van der Waals surface area contributed by atoms with Gasteiger partial charge < -0.3 is 14.6 Å². The predicted molar refractivity (Wildman–Crippen MR) is 66.8 cm³/mol. The molecule has 0 radical (unpaired) electrons. The van der Waals surface area contributed by atoms with Gasteiger partial charge in [-0.05, 0) is 24.3 Å². The topological polar surface area (TPSA) is 74.4 Å². The summed E-state index contributed by atoms with van der Waals surface area (Å²) in [6.45, 7) is 0. The molecule has 5 nitrogen and oxygen atoms in total. The van der Waals surface area contributed by atoms with E-state index in [4.69, 9.17) is 9.62 Å². The Morgan fingerprint density at radius 3 is 2.89 bits per heavy atom. The molecule has 0 aliphatic heterocycles. The highest BCUT2D eigenvalue weighted by Crippen LogP contribution is 2.13. The number of H-pyrrole nitrogens is 1. The van der Waals surface area contributed by atoms with Crippen molar-refractivity contribution in [2.24, 2.45) is 5.16 Å². The number of oxime groups is 1. The summed E-state index contributed by atoms with van der Waals surface area (Å²) in [5, 5.41) is 12.3. The standard InChI is InChI=1S/C13H11N3O2/c17-16-11(12-6-3-7-18-12)8-13-14-9-4-1-2-5-10(9)15-13/h1-7,17H,8H2,(H,14,15). The number of aromatic nitrogens is 2. The van der Waals surface area contributed by atoms with E-state index in [1.54, 1.807) is 18.4 Å². The van der Waals surface area contributed by atoms with Gasteiger partial charge in [-0.2, -0.15) is 0 Å². The normalized spacial score (nSPS) is 12.1. The van der Waals surface area contributed by atoms with Gasteiger partial charge in [-0.3, -0.25) is 0 Å². The molecule has 0 aliphatic carbocycles. The summed E-state index contributed by atoms with van der Waals surface area (Å²) < 4.78 is 5.20. The molecule has 0 saturated heterocycles. The fraction of sp³-hybridized carbons (Fsp3) is 0.0769. The number of imidazole rings is 1.